The molecule has 0 aliphatic heterocycles. The van der Waals surface area contributed by atoms with Gasteiger partial charge in [-0.15, -0.1) is 0 Å². The Morgan fingerprint density at radius 1 is 1.25 bits per heavy atom. The predicted molar refractivity (Wildman–Crippen MR) is 65.2 cm³/mol. The standard InChI is InChI=1S/C12H9ClFNS/c13-10-6-11(14)12(15-7-10)16-8-9-4-2-1-3-5-9/h1-7H,8H2. The smallest absolute Gasteiger partial charge is 0.156 e. The molecule has 0 aliphatic carbocycles. The molecule has 1 aromatic heterocycles. The van der Waals surface area contributed by atoms with Crippen molar-refractivity contribution in [2.75, 3.05) is 0 Å². The van der Waals surface area contributed by atoms with E-state index in [1.54, 1.807) is 0 Å². The maximum Gasteiger partial charge on any atom is 0.156 e. The summed E-state index contributed by atoms with van der Waals surface area (Å²) >= 11 is 6.99. The van der Waals surface area contributed by atoms with E-state index in [0.29, 0.717) is 15.8 Å². The summed E-state index contributed by atoms with van der Waals surface area (Å²) in [4.78, 5) is 3.95. The van der Waals surface area contributed by atoms with Crippen molar-refractivity contribution < 1.29 is 4.39 Å². The minimum Gasteiger partial charge on any atom is -0.245 e. The van der Waals surface area contributed by atoms with E-state index in [9.17, 15) is 4.39 Å². The summed E-state index contributed by atoms with van der Waals surface area (Å²) in [5.41, 5.74) is 1.14. The number of aromatic nitrogens is 1. The van der Waals surface area contributed by atoms with Gasteiger partial charge >= 0.3 is 0 Å². The SMILES string of the molecule is Fc1cc(Cl)cnc1SCc1ccccc1. The second kappa shape index (κ2) is 5.32. The van der Waals surface area contributed by atoms with E-state index in [4.69, 9.17) is 11.6 Å². The van der Waals surface area contributed by atoms with E-state index in [2.05, 4.69) is 4.98 Å². The van der Waals surface area contributed by atoms with Crippen LogP contribution in [0.15, 0.2) is 47.6 Å². The zero-order valence-electron chi connectivity index (χ0n) is 8.36. The first-order chi connectivity index (χ1) is 7.75. The average Bonchev–Trinajstić information content (AvgIpc) is 2.29. The summed E-state index contributed by atoms with van der Waals surface area (Å²) in [5.74, 6) is 0.334. The second-order valence-electron chi connectivity index (χ2n) is 3.21. The molecule has 2 aromatic rings. The summed E-state index contributed by atoms with van der Waals surface area (Å²) in [5, 5.41) is 0.704. The lowest BCUT2D eigenvalue weighted by molar-refractivity contribution is 0.588. The molecule has 0 unspecified atom stereocenters. The Kier molecular flexibility index (Phi) is 3.80. The van der Waals surface area contributed by atoms with Crippen LogP contribution < -0.4 is 0 Å². The lowest BCUT2D eigenvalue weighted by Crippen LogP contribution is -1.87. The molecule has 0 N–H and O–H groups in total. The van der Waals surface area contributed by atoms with Crippen LogP contribution in [0.2, 0.25) is 5.02 Å². The molecule has 1 heterocycles. The summed E-state index contributed by atoms with van der Waals surface area (Å²) in [7, 11) is 0. The Morgan fingerprint density at radius 3 is 2.69 bits per heavy atom. The topological polar surface area (TPSA) is 12.9 Å². The molecule has 0 spiro atoms. The zero-order chi connectivity index (χ0) is 11.4. The summed E-state index contributed by atoms with van der Waals surface area (Å²) in [6, 6.07) is 11.2. The highest BCUT2D eigenvalue weighted by Crippen LogP contribution is 2.24. The third-order valence-corrected chi connectivity index (χ3v) is 3.25. The number of hydrogen-bond acceptors (Lipinski definition) is 2. The highest BCUT2D eigenvalue weighted by atomic mass is 35.5. The van der Waals surface area contributed by atoms with Gasteiger partial charge in [-0.05, 0) is 11.6 Å². The van der Waals surface area contributed by atoms with Crippen LogP contribution >= 0.6 is 23.4 Å². The van der Waals surface area contributed by atoms with Crippen molar-refractivity contribution in [3.63, 3.8) is 0 Å². The third-order valence-electron chi connectivity index (χ3n) is 1.99. The molecule has 4 heteroatoms. The molecule has 82 valence electrons. The molecule has 0 amide bonds. The fourth-order valence-electron chi connectivity index (χ4n) is 1.23. The van der Waals surface area contributed by atoms with Gasteiger partial charge in [-0.3, -0.25) is 0 Å². The van der Waals surface area contributed by atoms with Crippen molar-refractivity contribution in [3.8, 4) is 0 Å². The Hall–Kier alpha value is -1.06. The maximum absolute atomic E-state index is 13.4. The fourth-order valence-corrected chi connectivity index (χ4v) is 2.20. The highest BCUT2D eigenvalue weighted by Gasteiger charge is 2.05. The molecular formula is C12H9ClFNS. The molecule has 0 aliphatic rings. The van der Waals surface area contributed by atoms with Crippen LogP contribution in [0.25, 0.3) is 0 Å². The van der Waals surface area contributed by atoms with Crippen LogP contribution in [0.4, 0.5) is 4.39 Å². The lowest BCUT2D eigenvalue weighted by atomic mass is 10.2. The van der Waals surface area contributed by atoms with Gasteiger partial charge in [0.05, 0.1) is 5.02 Å². The minimum atomic E-state index is -0.367. The molecule has 1 nitrogen and oxygen atoms in total. The van der Waals surface area contributed by atoms with Crippen LogP contribution in [-0.2, 0) is 5.75 Å². The third kappa shape index (κ3) is 2.97. The van der Waals surface area contributed by atoms with Gasteiger partial charge in [0.25, 0.3) is 0 Å². The van der Waals surface area contributed by atoms with Crippen molar-refractivity contribution in [1.82, 2.24) is 4.98 Å². The van der Waals surface area contributed by atoms with Gasteiger partial charge in [0, 0.05) is 11.9 Å². The highest BCUT2D eigenvalue weighted by molar-refractivity contribution is 7.98. The molecule has 1 aromatic carbocycles. The second-order valence-corrected chi connectivity index (χ2v) is 4.62. The zero-order valence-corrected chi connectivity index (χ0v) is 9.93. The molecule has 0 bridgehead atoms. The number of halogens is 2. The van der Waals surface area contributed by atoms with Gasteiger partial charge < -0.3 is 0 Å². The molecule has 2 rings (SSSR count). The van der Waals surface area contributed by atoms with E-state index < -0.39 is 0 Å². The Balaban J connectivity index is 2.05. The van der Waals surface area contributed by atoms with Crippen molar-refractivity contribution in [2.45, 2.75) is 10.8 Å². The fraction of sp³-hybridized carbons (Fsp3) is 0.0833. The summed E-state index contributed by atoms with van der Waals surface area (Å²) < 4.78 is 13.4. The number of thioether (sulfide) groups is 1. The summed E-state index contributed by atoms with van der Waals surface area (Å²) in [6.45, 7) is 0. The summed E-state index contributed by atoms with van der Waals surface area (Å²) in [6.07, 6.45) is 1.46. The Morgan fingerprint density at radius 2 is 2.00 bits per heavy atom. The number of pyridine rings is 1. The van der Waals surface area contributed by atoms with Gasteiger partial charge in [-0.1, -0.05) is 53.7 Å². The minimum absolute atomic E-state index is 0.321. The van der Waals surface area contributed by atoms with Crippen molar-refractivity contribution in [1.29, 1.82) is 0 Å². The van der Waals surface area contributed by atoms with Crippen LogP contribution in [0.3, 0.4) is 0 Å². The lowest BCUT2D eigenvalue weighted by Gasteiger charge is -2.02. The van der Waals surface area contributed by atoms with Gasteiger partial charge in [-0.2, -0.15) is 0 Å². The van der Waals surface area contributed by atoms with E-state index in [1.807, 2.05) is 30.3 Å². The van der Waals surface area contributed by atoms with Gasteiger partial charge in [-0.25, -0.2) is 9.37 Å². The monoisotopic (exact) mass is 253 g/mol. The normalized spacial score (nSPS) is 10.4. The van der Waals surface area contributed by atoms with E-state index in [-0.39, 0.29) is 5.82 Å². The quantitative estimate of drug-likeness (QED) is 0.762. The van der Waals surface area contributed by atoms with Crippen LogP contribution in [-0.4, -0.2) is 4.98 Å². The number of benzene rings is 1. The van der Waals surface area contributed by atoms with E-state index >= 15 is 0 Å². The average molecular weight is 254 g/mol. The first-order valence-corrected chi connectivity index (χ1v) is 6.10. The first-order valence-electron chi connectivity index (χ1n) is 4.73. The number of rotatable bonds is 3. The maximum atomic E-state index is 13.4. The van der Waals surface area contributed by atoms with Crippen molar-refractivity contribution in [3.05, 3.63) is 59.0 Å². The molecular weight excluding hydrogens is 245 g/mol. The van der Waals surface area contributed by atoms with Gasteiger partial charge in [0.1, 0.15) is 5.03 Å². The molecule has 0 saturated heterocycles. The number of hydrogen-bond donors (Lipinski definition) is 0. The Bertz CT molecular complexity index is 476. The predicted octanol–water partition coefficient (Wildman–Crippen LogP) is 4.17. The first kappa shape index (κ1) is 11.4. The molecule has 0 atom stereocenters. The molecule has 0 fully saturated rings. The Labute approximate surface area is 103 Å². The van der Waals surface area contributed by atoms with Crippen LogP contribution in [0.5, 0.6) is 0 Å². The molecule has 16 heavy (non-hydrogen) atoms. The van der Waals surface area contributed by atoms with Crippen LogP contribution in [0.1, 0.15) is 5.56 Å². The van der Waals surface area contributed by atoms with Crippen molar-refractivity contribution >= 4 is 23.4 Å². The van der Waals surface area contributed by atoms with Crippen molar-refractivity contribution in [2.24, 2.45) is 0 Å². The van der Waals surface area contributed by atoms with Crippen LogP contribution in [0, 0.1) is 5.82 Å². The van der Waals surface area contributed by atoms with Gasteiger partial charge in [0.15, 0.2) is 5.82 Å². The molecule has 0 saturated carbocycles. The van der Waals surface area contributed by atoms with E-state index in [1.165, 1.54) is 24.0 Å². The largest absolute Gasteiger partial charge is 0.245 e. The number of nitrogens with zero attached hydrogens (tertiary/aromatic N) is 1. The molecule has 0 radical (unpaired) electrons. The van der Waals surface area contributed by atoms with Gasteiger partial charge in [0.2, 0.25) is 0 Å². The van der Waals surface area contributed by atoms with E-state index in [0.717, 1.165) is 5.56 Å².